The van der Waals surface area contributed by atoms with Crippen molar-refractivity contribution in [2.75, 3.05) is 6.61 Å². The normalized spacial score (nSPS) is 11.2. The number of aromatic amines is 1. The van der Waals surface area contributed by atoms with Gasteiger partial charge in [0.15, 0.2) is 0 Å². The van der Waals surface area contributed by atoms with Crippen LogP contribution in [0.3, 0.4) is 0 Å². The van der Waals surface area contributed by atoms with Gasteiger partial charge in [-0.15, -0.1) is 0 Å². The second kappa shape index (κ2) is 9.22. The van der Waals surface area contributed by atoms with E-state index >= 15 is 0 Å². The lowest BCUT2D eigenvalue weighted by Crippen LogP contribution is -1.98. The Morgan fingerprint density at radius 2 is 1.77 bits per heavy atom. The lowest BCUT2D eigenvalue weighted by molar-refractivity contribution is 0.303. The molecule has 0 bridgehead atoms. The number of benzene rings is 2. The number of hydrogen-bond donors (Lipinski definition) is 1. The van der Waals surface area contributed by atoms with Crippen LogP contribution in [0.5, 0.6) is 5.75 Å². The van der Waals surface area contributed by atoms with E-state index in [2.05, 4.69) is 27.8 Å². The first-order valence-electron chi connectivity index (χ1n) is 9.38. The number of nitrogens with one attached hydrogen (secondary N) is 1. The van der Waals surface area contributed by atoms with Gasteiger partial charge >= 0.3 is 0 Å². The van der Waals surface area contributed by atoms with E-state index < -0.39 is 0 Å². The van der Waals surface area contributed by atoms with Crippen molar-refractivity contribution in [3.63, 3.8) is 0 Å². The predicted molar refractivity (Wildman–Crippen MR) is 110 cm³/mol. The van der Waals surface area contributed by atoms with Crippen LogP contribution in [0, 0.1) is 5.82 Å². The molecule has 0 atom stereocenters. The molecule has 3 rings (SSSR count). The van der Waals surface area contributed by atoms with Crippen LogP contribution in [0.15, 0.2) is 47.1 Å². The van der Waals surface area contributed by atoms with Gasteiger partial charge in [-0.25, -0.2) is 4.39 Å². The van der Waals surface area contributed by atoms with Crippen molar-refractivity contribution in [1.82, 2.24) is 4.98 Å². The second-order valence-corrected chi connectivity index (χ2v) is 7.57. The number of hydrogen-bond acceptors (Lipinski definition) is 1. The van der Waals surface area contributed by atoms with Crippen LogP contribution in [-0.4, -0.2) is 11.6 Å². The Morgan fingerprint density at radius 1 is 0.962 bits per heavy atom. The summed E-state index contributed by atoms with van der Waals surface area (Å²) in [5.41, 5.74) is 2.44. The molecule has 2 aromatic carbocycles. The van der Waals surface area contributed by atoms with E-state index in [0.717, 1.165) is 27.4 Å². The van der Waals surface area contributed by atoms with E-state index in [4.69, 9.17) is 4.74 Å². The van der Waals surface area contributed by atoms with Gasteiger partial charge in [-0.1, -0.05) is 61.0 Å². The van der Waals surface area contributed by atoms with Crippen LogP contribution in [0.1, 0.15) is 45.4 Å². The number of rotatable bonds is 9. The van der Waals surface area contributed by atoms with Gasteiger partial charge in [0.1, 0.15) is 11.6 Å². The minimum absolute atomic E-state index is 0.255. The number of unbranched alkanes of at least 4 members (excludes halogenated alkanes) is 5. The zero-order valence-corrected chi connectivity index (χ0v) is 16.7. The van der Waals surface area contributed by atoms with Crippen molar-refractivity contribution in [3.05, 3.63) is 52.9 Å². The van der Waals surface area contributed by atoms with Gasteiger partial charge in [0.25, 0.3) is 0 Å². The molecular weight excluding hydrogens is 393 g/mol. The molecule has 0 spiro atoms. The Bertz CT molecular complexity index is 858. The highest BCUT2D eigenvalue weighted by Crippen LogP contribution is 2.33. The summed E-state index contributed by atoms with van der Waals surface area (Å²) >= 11 is 3.46. The van der Waals surface area contributed by atoms with Crippen LogP contribution in [0.25, 0.3) is 22.0 Å². The molecule has 1 N–H and O–H groups in total. The van der Waals surface area contributed by atoms with E-state index in [1.165, 1.54) is 38.2 Å². The van der Waals surface area contributed by atoms with Crippen LogP contribution in [-0.2, 0) is 0 Å². The van der Waals surface area contributed by atoms with Gasteiger partial charge in [-0.2, -0.15) is 0 Å². The van der Waals surface area contributed by atoms with Gasteiger partial charge in [-0.05, 0) is 30.7 Å². The van der Waals surface area contributed by atoms with Crippen LogP contribution >= 0.6 is 15.9 Å². The molecule has 0 amide bonds. The quantitative estimate of drug-likeness (QED) is 0.358. The Hall–Kier alpha value is -1.81. The molecule has 3 aromatic rings. The van der Waals surface area contributed by atoms with E-state index in [1.807, 2.05) is 30.5 Å². The molecule has 0 saturated carbocycles. The summed E-state index contributed by atoms with van der Waals surface area (Å²) in [6, 6.07) is 11.1. The van der Waals surface area contributed by atoms with Gasteiger partial charge in [0, 0.05) is 38.8 Å². The van der Waals surface area contributed by atoms with Crippen molar-refractivity contribution in [1.29, 1.82) is 0 Å². The Morgan fingerprint density at radius 3 is 2.58 bits per heavy atom. The van der Waals surface area contributed by atoms with Crippen molar-refractivity contribution in [2.24, 2.45) is 0 Å². The summed E-state index contributed by atoms with van der Waals surface area (Å²) in [6.07, 6.45) is 9.15. The molecular formula is C22H25BrFNO. The largest absolute Gasteiger partial charge is 0.493 e. The first-order chi connectivity index (χ1) is 12.7. The monoisotopic (exact) mass is 417 g/mol. The van der Waals surface area contributed by atoms with E-state index in [0.29, 0.717) is 17.9 Å². The summed E-state index contributed by atoms with van der Waals surface area (Å²) < 4.78 is 21.3. The SMILES string of the molecule is CCCCCCCCOc1ccc(-c2c[nH]c3cc(Br)ccc23)c(F)c1. The Kier molecular flexibility index (Phi) is 6.73. The third-order valence-corrected chi connectivity index (χ3v) is 5.13. The fraction of sp³-hybridized carbons (Fsp3) is 0.364. The molecule has 2 nitrogen and oxygen atoms in total. The van der Waals surface area contributed by atoms with Crippen molar-refractivity contribution < 1.29 is 9.13 Å². The van der Waals surface area contributed by atoms with Crippen LogP contribution in [0.4, 0.5) is 4.39 Å². The first kappa shape index (κ1) is 19.0. The number of fused-ring (bicyclic) bond motifs is 1. The third kappa shape index (κ3) is 4.67. The molecule has 0 unspecified atom stereocenters. The lowest BCUT2D eigenvalue weighted by atomic mass is 10.0. The molecule has 0 fully saturated rings. The molecule has 0 saturated heterocycles. The van der Waals surface area contributed by atoms with E-state index in [1.54, 1.807) is 6.07 Å². The van der Waals surface area contributed by atoms with Gasteiger partial charge in [-0.3, -0.25) is 0 Å². The van der Waals surface area contributed by atoms with Gasteiger partial charge < -0.3 is 9.72 Å². The maximum absolute atomic E-state index is 14.6. The fourth-order valence-electron chi connectivity index (χ4n) is 3.20. The summed E-state index contributed by atoms with van der Waals surface area (Å²) in [5, 5.41) is 1.01. The molecule has 138 valence electrons. The van der Waals surface area contributed by atoms with Crippen molar-refractivity contribution >= 4 is 26.8 Å². The summed E-state index contributed by atoms with van der Waals surface area (Å²) in [6.45, 7) is 2.86. The molecule has 1 aromatic heterocycles. The minimum Gasteiger partial charge on any atom is -0.493 e. The predicted octanol–water partition coefficient (Wildman–Crippen LogP) is 7.48. The van der Waals surface area contributed by atoms with E-state index in [9.17, 15) is 4.39 Å². The van der Waals surface area contributed by atoms with Crippen LogP contribution < -0.4 is 4.74 Å². The molecule has 0 aliphatic heterocycles. The molecule has 4 heteroatoms. The van der Waals surface area contributed by atoms with Crippen LogP contribution in [0.2, 0.25) is 0 Å². The molecule has 0 aliphatic carbocycles. The highest BCUT2D eigenvalue weighted by molar-refractivity contribution is 9.10. The third-order valence-electron chi connectivity index (χ3n) is 4.64. The van der Waals surface area contributed by atoms with Crippen molar-refractivity contribution in [3.8, 4) is 16.9 Å². The number of H-pyrrole nitrogens is 1. The summed E-state index contributed by atoms with van der Waals surface area (Å²) in [5.74, 6) is 0.344. The van der Waals surface area contributed by atoms with E-state index in [-0.39, 0.29) is 5.82 Å². The number of aromatic nitrogens is 1. The minimum atomic E-state index is -0.255. The number of halogens is 2. The Labute approximate surface area is 162 Å². The highest BCUT2D eigenvalue weighted by Gasteiger charge is 2.12. The fourth-order valence-corrected chi connectivity index (χ4v) is 3.56. The second-order valence-electron chi connectivity index (χ2n) is 6.65. The number of ether oxygens (including phenoxy) is 1. The Balaban J connectivity index is 1.62. The molecule has 0 radical (unpaired) electrons. The zero-order valence-electron chi connectivity index (χ0n) is 15.2. The average Bonchev–Trinajstić information content (AvgIpc) is 3.04. The first-order valence-corrected chi connectivity index (χ1v) is 10.2. The smallest absolute Gasteiger partial charge is 0.134 e. The molecule has 0 aliphatic rings. The average molecular weight is 418 g/mol. The molecule has 1 heterocycles. The highest BCUT2D eigenvalue weighted by atomic mass is 79.9. The molecule has 26 heavy (non-hydrogen) atoms. The summed E-state index contributed by atoms with van der Waals surface area (Å²) in [7, 11) is 0. The zero-order chi connectivity index (χ0) is 18.4. The topological polar surface area (TPSA) is 25.0 Å². The van der Waals surface area contributed by atoms with Crippen molar-refractivity contribution in [2.45, 2.75) is 45.4 Å². The lowest BCUT2D eigenvalue weighted by Gasteiger charge is -2.08. The maximum Gasteiger partial charge on any atom is 0.134 e. The maximum atomic E-state index is 14.6. The van der Waals surface area contributed by atoms with Gasteiger partial charge in [0.2, 0.25) is 0 Å². The van der Waals surface area contributed by atoms with Gasteiger partial charge in [0.05, 0.1) is 6.61 Å². The summed E-state index contributed by atoms with van der Waals surface area (Å²) in [4.78, 5) is 3.20. The standard InChI is InChI=1S/C22H25BrFNO/c1-2-3-4-5-6-7-12-26-17-9-11-18(21(24)14-17)20-15-25-22-13-16(23)8-10-19(20)22/h8-11,13-15,25H,2-7,12H2,1H3.